The molecule has 0 heterocycles. The zero-order chi connectivity index (χ0) is 34.5. The zero-order valence-electron chi connectivity index (χ0n) is 27.4. The van der Waals surface area contributed by atoms with Crippen molar-refractivity contribution in [3.8, 4) is 0 Å². The van der Waals surface area contributed by atoms with Crippen LogP contribution in [0.25, 0.3) is 22.2 Å². The molecule has 0 aromatic heterocycles. The second-order valence-electron chi connectivity index (χ2n) is 11.9. The van der Waals surface area contributed by atoms with Crippen molar-refractivity contribution >= 4 is 34.5 Å². The summed E-state index contributed by atoms with van der Waals surface area (Å²) in [6, 6.07) is 52.2. The molecule has 51 heavy (non-hydrogen) atoms. The monoisotopic (exact) mass is 713 g/mol. The summed E-state index contributed by atoms with van der Waals surface area (Å²) in [5.41, 5.74) is 6.84. The molecule has 0 aliphatic heterocycles. The second kappa shape index (κ2) is 15.6. The zero-order valence-corrected chi connectivity index (χ0v) is 28.4. The van der Waals surface area contributed by atoms with E-state index in [9.17, 15) is 9.59 Å². The van der Waals surface area contributed by atoms with Gasteiger partial charge in [0.25, 0.3) is 11.5 Å². The molecular formula is C44H34CoN2O4+2. The summed E-state index contributed by atoms with van der Waals surface area (Å²) in [6.07, 6.45) is 0. The van der Waals surface area contributed by atoms with Crippen molar-refractivity contribution in [2.45, 2.75) is 12.1 Å². The van der Waals surface area contributed by atoms with Gasteiger partial charge in [-0.15, -0.1) is 11.4 Å². The van der Waals surface area contributed by atoms with Crippen molar-refractivity contribution < 1.29 is 36.6 Å². The molecule has 7 heteroatoms. The molecule has 0 saturated heterocycles. The Morgan fingerprint density at radius 2 is 0.647 bits per heavy atom. The van der Waals surface area contributed by atoms with E-state index in [1.165, 1.54) is 0 Å². The molecule has 0 fully saturated rings. The third-order valence-electron chi connectivity index (χ3n) is 8.76. The predicted octanol–water partition coefficient (Wildman–Crippen LogP) is 9.53. The van der Waals surface area contributed by atoms with Gasteiger partial charge in [0, 0.05) is 11.1 Å². The third-order valence-corrected chi connectivity index (χ3v) is 8.76. The van der Waals surface area contributed by atoms with Gasteiger partial charge in [0.1, 0.15) is 0 Å². The summed E-state index contributed by atoms with van der Waals surface area (Å²) in [5, 5.41) is 26.7. The molecule has 2 unspecified atom stereocenters. The van der Waals surface area contributed by atoms with Crippen molar-refractivity contribution in [3.63, 3.8) is 0 Å². The number of carbonyl (C=O) groups is 2. The fourth-order valence-electron chi connectivity index (χ4n) is 6.34. The molecular weight excluding hydrogens is 679 g/mol. The standard InChI is InChI=1S/2C22H16NO2.Co/c2*24-21-17-13-7-8-14-18(17)22(25)19(21)20(15-9-3-1-4-10-15)23-16-11-5-2-6-12-16;/h2*1-14,20H,(H,24,25);/q2*-1;+2/p+2. The van der Waals surface area contributed by atoms with E-state index in [-0.39, 0.29) is 39.9 Å². The van der Waals surface area contributed by atoms with E-state index in [0.717, 1.165) is 22.5 Å². The van der Waals surface area contributed by atoms with Crippen LogP contribution < -0.4 is 0 Å². The number of carbonyl (C=O) groups excluding carboxylic acids is 2. The number of ketones is 2. The first-order chi connectivity index (χ1) is 24.5. The van der Waals surface area contributed by atoms with E-state index in [1.807, 2.05) is 158 Å². The van der Waals surface area contributed by atoms with Crippen molar-refractivity contribution in [1.29, 1.82) is 0 Å². The van der Waals surface area contributed by atoms with Gasteiger partial charge < -0.3 is 20.8 Å². The van der Waals surface area contributed by atoms with Crippen LogP contribution in [0, 0.1) is 0 Å². The average molecular weight is 714 g/mol. The van der Waals surface area contributed by atoms with Crippen LogP contribution in [0.15, 0.2) is 181 Å². The quantitative estimate of drug-likeness (QED) is 0.147. The molecule has 1 radical (unpaired) electrons. The van der Waals surface area contributed by atoms with Crippen LogP contribution in [0.4, 0.5) is 11.4 Å². The van der Waals surface area contributed by atoms with Crippen molar-refractivity contribution in [2.24, 2.45) is 0 Å². The molecule has 0 spiro atoms. The van der Waals surface area contributed by atoms with Crippen LogP contribution >= 0.6 is 0 Å². The molecule has 6 nitrogen and oxygen atoms in total. The molecule has 4 N–H and O–H groups in total. The van der Waals surface area contributed by atoms with E-state index < -0.39 is 12.1 Å². The van der Waals surface area contributed by atoms with Gasteiger partial charge >= 0.3 is 16.8 Å². The SMILES string of the molecule is O=C1C(C([N-]c2ccccc2)c2ccccc2)=C([OH2+])c2ccccc21.O=C1C(C([N-]c2ccccc2)c2ccccc2)=C([OH2+])c2ccccc21.[Co+2]. The first kappa shape index (κ1) is 34.7. The fourth-order valence-corrected chi connectivity index (χ4v) is 6.34. The largest absolute Gasteiger partial charge is 2.00 e. The topological polar surface area (TPSA) is 108 Å². The van der Waals surface area contributed by atoms with Crippen LogP contribution in [-0.2, 0) is 16.8 Å². The minimum absolute atomic E-state index is 0. The molecule has 251 valence electrons. The van der Waals surface area contributed by atoms with Gasteiger partial charge in [-0.1, -0.05) is 181 Å². The van der Waals surface area contributed by atoms with E-state index in [4.69, 9.17) is 20.8 Å². The van der Waals surface area contributed by atoms with E-state index in [0.29, 0.717) is 33.4 Å². The second-order valence-corrected chi connectivity index (χ2v) is 11.9. The number of para-hydroxylation sites is 2. The Kier molecular flexibility index (Phi) is 10.6. The molecule has 8 rings (SSSR count). The number of hydrogen-bond acceptors (Lipinski definition) is 2. The fraction of sp³-hybridized carbons (Fsp3) is 0.0455. The van der Waals surface area contributed by atoms with Gasteiger partial charge in [-0.05, 0) is 12.1 Å². The molecule has 0 bridgehead atoms. The summed E-state index contributed by atoms with van der Waals surface area (Å²) in [6.45, 7) is 0. The van der Waals surface area contributed by atoms with E-state index in [2.05, 4.69) is 0 Å². The summed E-state index contributed by atoms with van der Waals surface area (Å²) >= 11 is 0. The molecule has 6 aromatic carbocycles. The maximum absolute atomic E-state index is 13.0. The molecule has 2 atom stereocenters. The van der Waals surface area contributed by atoms with Gasteiger partial charge in [-0.2, -0.15) is 0 Å². The van der Waals surface area contributed by atoms with Gasteiger partial charge in [-0.25, -0.2) is 0 Å². The number of hydrogen-bond donors (Lipinski definition) is 0. The van der Waals surface area contributed by atoms with Gasteiger partial charge in [0.05, 0.1) is 22.3 Å². The minimum Gasteiger partial charge on any atom is -0.674 e. The number of benzene rings is 6. The number of nitrogens with zero attached hydrogens (tertiary/aromatic N) is 2. The first-order valence-electron chi connectivity index (χ1n) is 16.3. The Hall–Kier alpha value is -6.15. The summed E-state index contributed by atoms with van der Waals surface area (Å²) in [7, 11) is 0. The Labute approximate surface area is 307 Å². The van der Waals surface area contributed by atoms with E-state index in [1.54, 1.807) is 12.1 Å². The minimum atomic E-state index is -0.490. The van der Waals surface area contributed by atoms with Crippen LogP contribution in [0.3, 0.4) is 0 Å². The smallest absolute Gasteiger partial charge is 0.674 e. The summed E-state index contributed by atoms with van der Waals surface area (Å²) in [4.78, 5) is 25.9. The van der Waals surface area contributed by atoms with Crippen LogP contribution in [0.2, 0.25) is 0 Å². The maximum atomic E-state index is 13.0. The predicted molar refractivity (Wildman–Crippen MR) is 200 cm³/mol. The van der Waals surface area contributed by atoms with Gasteiger partial charge in [-0.3, -0.25) is 9.59 Å². The van der Waals surface area contributed by atoms with Gasteiger partial charge in [0.2, 0.25) is 0 Å². The van der Waals surface area contributed by atoms with Gasteiger partial charge in [0.15, 0.2) is 11.6 Å². The summed E-state index contributed by atoms with van der Waals surface area (Å²) < 4.78 is 0. The number of fused-ring (bicyclic) bond motifs is 2. The normalized spacial score (nSPS) is 14.0. The molecule has 0 amide bonds. The average Bonchev–Trinajstić information content (AvgIpc) is 3.58. The van der Waals surface area contributed by atoms with Crippen molar-refractivity contribution in [2.75, 3.05) is 0 Å². The summed E-state index contributed by atoms with van der Waals surface area (Å²) in [5.74, 6) is 0.339. The number of rotatable bonds is 8. The molecule has 2 aliphatic carbocycles. The van der Waals surface area contributed by atoms with Crippen molar-refractivity contribution in [1.82, 2.24) is 0 Å². The Bertz CT molecular complexity index is 2060. The molecule has 2 aliphatic rings. The van der Waals surface area contributed by atoms with E-state index >= 15 is 0 Å². The molecule has 0 saturated carbocycles. The van der Waals surface area contributed by atoms with Crippen LogP contribution in [-0.4, -0.2) is 21.8 Å². The third kappa shape index (κ3) is 7.12. The van der Waals surface area contributed by atoms with Crippen molar-refractivity contribution in [3.05, 3.63) is 225 Å². The molecule has 6 aromatic rings. The maximum Gasteiger partial charge on any atom is 2.00 e. The number of Topliss-reactive ketones (excluding diaryl/α,β-unsaturated/α-hetero) is 2. The Morgan fingerprint density at radius 1 is 0.373 bits per heavy atom. The Balaban J connectivity index is 0.000000172. The Morgan fingerprint density at radius 3 is 0.961 bits per heavy atom. The van der Waals surface area contributed by atoms with Crippen LogP contribution in [0.5, 0.6) is 0 Å². The first-order valence-corrected chi connectivity index (χ1v) is 16.3. The van der Waals surface area contributed by atoms with Crippen LogP contribution in [0.1, 0.15) is 55.1 Å².